The summed E-state index contributed by atoms with van der Waals surface area (Å²) in [5.41, 5.74) is -1.77. The molecule has 0 aromatic carbocycles. The average Bonchev–Trinajstić information content (AvgIpc) is 2.87. The molecule has 2 unspecified atom stereocenters. The van der Waals surface area contributed by atoms with E-state index in [4.69, 9.17) is 9.47 Å². The number of carbonyl (C=O) groups excluding carboxylic acids is 1. The Labute approximate surface area is 99.7 Å². The largest absolute Gasteiger partial charge is 0.465 e. The van der Waals surface area contributed by atoms with Crippen molar-refractivity contribution in [3.05, 3.63) is 0 Å². The molecule has 2 aliphatic heterocycles. The minimum Gasteiger partial charge on any atom is -0.465 e. The number of carbonyl (C=O) groups is 1. The summed E-state index contributed by atoms with van der Waals surface area (Å²) in [5.74, 6) is 1.29. The number of aliphatic hydroxyl groups is 1. The van der Waals surface area contributed by atoms with Crippen molar-refractivity contribution in [3.8, 4) is 0 Å². The van der Waals surface area contributed by atoms with Crippen LogP contribution in [0.1, 0.15) is 19.8 Å². The maximum Gasteiger partial charge on any atom is 0.315 e. The molecule has 16 heavy (non-hydrogen) atoms. The minimum atomic E-state index is -1.03. The quantitative estimate of drug-likeness (QED) is 0.747. The van der Waals surface area contributed by atoms with Gasteiger partial charge in [-0.3, -0.25) is 4.79 Å². The van der Waals surface area contributed by atoms with Gasteiger partial charge in [0.25, 0.3) is 0 Å². The Morgan fingerprint density at radius 1 is 1.56 bits per heavy atom. The Morgan fingerprint density at radius 2 is 2.38 bits per heavy atom. The molecule has 2 saturated heterocycles. The molecule has 2 atom stereocenters. The van der Waals surface area contributed by atoms with E-state index in [0.29, 0.717) is 31.8 Å². The minimum absolute atomic E-state index is 0.256. The summed E-state index contributed by atoms with van der Waals surface area (Å²) in [6, 6.07) is 0. The molecule has 5 heteroatoms. The SMILES string of the molecule is CCOC(=O)C1(C2(O)CCOC2)CCSC1. The molecule has 0 spiro atoms. The fourth-order valence-corrected chi connectivity index (χ4v) is 4.00. The lowest BCUT2D eigenvalue weighted by Gasteiger charge is -2.38. The van der Waals surface area contributed by atoms with E-state index in [1.807, 2.05) is 0 Å². The highest BCUT2D eigenvalue weighted by atomic mass is 32.2. The van der Waals surface area contributed by atoms with Crippen molar-refractivity contribution in [3.63, 3.8) is 0 Å². The van der Waals surface area contributed by atoms with E-state index in [-0.39, 0.29) is 12.6 Å². The summed E-state index contributed by atoms with van der Waals surface area (Å²) in [5, 5.41) is 10.6. The first kappa shape index (κ1) is 12.2. The molecule has 1 N–H and O–H groups in total. The van der Waals surface area contributed by atoms with Gasteiger partial charge in [-0.25, -0.2) is 0 Å². The zero-order valence-electron chi connectivity index (χ0n) is 9.53. The van der Waals surface area contributed by atoms with E-state index in [2.05, 4.69) is 0 Å². The lowest BCUT2D eigenvalue weighted by Crippen LogP contribution is -2.54. The molecule has 2 rings (SSSR count). The molecule has 2 aliphatic rings. The van der Waals surface area contributed by atoms with Crippen LogP contribution in [0.15, 0.2) is 0 Å². The van der Waals surface area contributed by atoms with Crippen LogP contribution in [-0.2, 0) is 14.3 Å². The van der Waals surface area contributed by atoms with Gasteiger partial charge in [0.1, 0.15) is 11.0 Å². The molecule has 0 aromatic rings. The van der Waals surface area contributed by atoms with E-state index in [1.54, 1.807) is 18.7 Å². The van der Waals surface area contributed by atoms with Crippen LogP contribution in [0.3, 0.4) is 0 Å². The van der Waals surface area contributed by atoms with E-state index < -0.39 is 11.0 Å². The lowest BCUT2D eigenvalue weighted by atomic mass is 9.70. The first-order valence-corrected chi connectivity index (χ1v) is 6.85. The number of esters is 1. The molecule has 0 aliphatic carbocycles. The van der Waals surface area contributed by atoms with E-state index in [9.17, 15) is 9.90 Å². The summed E-state index contributed by atoms with van der Waals surface area (Å²) in [6.45, 7) is 2.94. The van der Waals surface area contributed by atoms with Crippen LogP contribution in [0.2, 0.25) is 0 Å². The van der Waals surface area contributed by atoms with Gasteiger partial charge < -0.3 is 14.6 Å². The summed E-state index contributed by atoms with van der Waals surface area (Å²) in [4.78, 5) is 12.1. The van der Waals surface area contributed by atoms with Crippen LogP contribution in [0, 0.1) is 5.41 Å². The van der Waals surface area contributed by atoms with Gasteiger partial charge in [0.15, 0.2) is 0 Å². The zero-order chi connectivity index (χ0) is 11.6. The fourth-order valence-electron chi connectivity index (χ4n) is 2.48. The second-order valence-corrected chi connectivity index (χ2v) is 5.54. The van der Waals surface area contributed by atoms with Crippen molar-refractivity contribution in [2.75, 3.05) is 31.3 Å². The highest BCUT2D eigenvalue weighted by molar-refractivity contribution is 7.99. The molecular formula is C11H18O4S. The Morgan fingerprint density at radius 3 is 2.88 bits per heavy atom. The summed E-state index contributed by atoms with van der Waals surface area (Å²) in [7, 11) is 0. The van der Waals surface area contributed by atoms with Crippen LogP contribution < -0.4 is 0 Å². The number of thioether (sulfide) groups is 1. The number of hydrogen-bond acceptors (Lipinski definition) is 5. The van der Waals surface area contributed by atoms with E-state index >= 15 is 0 Å². The molecule has 0 amide bonds. The number of ether oxygens (including phenoxy) is 2. The van der Waals surface area contributed by atoms with Gasteiger partial charge in [0, 0.05) is 18.8 Å². The smallest absolute Gasteiger partial charge is 0.315 e. The second-order valence-electron chi connectivity index (χ2n) is 4.44. The molecular weight excluding hydrogens is 228 g/mol. The first-order valence-electron chi connectivity index (χ1n) is 5.70. The van der Waals surface area contributed by atoms with Gasteiger partial charge in [0.05, 0.1) is 13.2 Å². The highest BCUT2D eigenvalue weighted by Gasteiger charge is 2.59. The summed E-state index contributed by atoms with van der Waals surface area (Å²) in [6.07, 6.45) is 1.22. The summed E-state index contributed by atoms with van der Waals surface area (Å²) >= 11 is 1.70. The van der Waals surface area contributed by atoms with E-state index in [1.165, 1.54) is 0 Å². The second kappa shape index (κ2) is 4.55. The first-order chi connectivity index (χ1) is 7.65. The predicted molar refractivity (Wildman–Crippen MR) is 61.4 cm³/mol. The van der Waals surface area contributed by atoms with Crippen LogP contribution in [0.5, 0.6) is 0 Å². The molecule has 2 fully saturated rings. The van der Waals surface area contributed by atoms with Crippen molar-refractivity contribution in [1.29, 1.82) is 0 Å². The third-order valence-electron chi connectivity index (χ3n) is 3.58. The predicted octanol–water partition coefficient (Wildman–Crippen LogP) is 0.824. The van der Waals surface area contributed by atoms with Crippen LogP contribution in [0.4, 0.5) is 0 Å². The number of rotatable bonds is 3. The maximum absolute atomic E-state index is 12.1. The fraction of sp³-hybridized carbons (Fsp3) is 0.909. The zero-order valence-corrected chi connectivity index (χ0v) is 10.3. The van der Waals surface area contributed by atoms with Gasteiger partial charge in [-0.05, 0) is 19.1 Å². The summed E-state index contributed by atoms with van der Waals surface area (Å²) < 4.78 is 10.4. The molecule has 0 saturated carbocycles. The Bertz CT molecular complexity index is 267. The van der Waals surface area contributed by atoms with Crippen LogP contribution in [-0.4, -0.2) is 48.0 Å². The van der Waals surface area contributed by atoms with Gasteiger partial charge in [-0.15, -0.1) is 0 Å². The number of hydrogen-bond donors (Lipinski definition) is 1. The third kappa shape index (κ3) is 1.75. The van der Waals surface area contributed by atoms with Gasteiger partial charge in [-0.1, -0.05) is 0 Å². The Balaban J connectivity index is 2.24. The lowest BCUT2D eigenvalue weighted by molar-refractivity contribution is -0.172. The van der Waals surface area contributed by atoms with Gasteiger partial charge in [-0.2, -0.15) is 11.8 Å². The maximum atomic E-state index is 12.1. The average molecular weight is 246 g/mol. The molecule has 0 radical (unpaired) electrons. The highest BCUT2D eigenvalue weighted by Crippen LogP contribution is 2.48. The topological polar surface area (TPSA) is 55.8 Å². The van der Waals surface area contributed by atoms with Crippen LogP contribution in [0.25, 0.3) is 0 Å². The van der Waals surface area contributed by atoms with Crippen molar-refractivity contribution >= 4 is 17.7 Å². The Kier molecular flexibility index (Phi) is 3.47. The van der Waals surface area contributed by atoms with Crippen LogP contribution >= 0.6 is 11.8 Å². The third-order valence-corrected chi connectivity index (χ3v) is 4.77. The normalized spacial score (nSPS) is 38.9. The van der Waals surface area contributed by atoms with Crippen molar-refractivity contribution < 1.29 is 19.4 Å². The van der Waals surface area contributed by atoms with Crippen molar-refractivity contribution in [2.24, 2.45) is 5.41 Å². The van der Waals surface area contributed by atoms with Gasteiger partial charge >= 0.3 is 5.97 Å². The standard InChI is InChI=1S/C11H18O4S/c1-2-15-9(12)10(4-6-16-8-10)11(13)3-5-14-7-11/h13H,2-8H2,1H3. The van der Waals surface area contributed by atoms with E-state index in [0.717, 1.165) is 5.75 Å². The monoisotopic (exact) mass is 246 g/mol. The molecule has 0 aromatic heterocycles. The molecule has 0 bridgehead atoms. The molecule has 4 nitrogen and oxygen atoms in total. The van der Waals surface area contributed by atoms with Crippen molar-refractivity contribution in [2.45, 2.75) is 25.4 Å². The van der Waals surface area contributed by atoms with Gasteiger partial charge in [0.2, 0.25) is 0 Å². The Hall–Kier alpha value is -0.260. The molecule has 2 heterocycles. The van der Waals surface area contributed by atoms with Crippen molar-refractivity contribution in [1.82, 2.24) is 0 Å². The molecule has 92 valence electrons.